The van der Waals surface area contributed by atoms with E-state index >= 15 is 0 Å². The van der Waals surface area contributed by atoms with Gasteiger partial charge in [0.1, 0.15) is 19.0 Å². The van der Waals surface area contributed by atoms with E-state index in [1.807, 2.05) is 30.1 Å². The summed E-state index contributed by atoms with van der Waals surface area (Å²) < 4.78 is 16.7. The number of nitrogens with zero attached hydrogens (tertiary/aromatic N) is 2. The summed E-state index contributed by atoms with van der Waals surface area (Å²) in [4.78, 5) is 17.2. The lowest BCUT2D eigenvalue weighted by Gasteiger charge is -2.28. The summed E-state index contributed by atoms with van der Waals surface area (Å²) in [7, 11) is 3.56. The molecule has 3 aromatic carbocycles. The Morgan fingerprint density at radius 2 is 1.82 bits per heavy atom. The van der Waals surface area contributed by atoms with Gasteiger partial charge in [-0.2, -0.15) is 0 Å². The molecule has 33 heavy (non-hydrogen) atoms. The van der Waals surface area contributed by atoms with Crippen molar-refractivity contribution >= 4 is 16.7 Å². The minimum absolute atomic E-state index is 0.134. The van der Waals surface area contributed by atoms with Crippen molar-refractivity contribution in [2.75, 3.05) is 40.5 Å². The van der Waals surface area contributed by atoms with Crippen molar-refractivity contribution in [3.63, 3.8) is 0 Å². The number of rotatable bonds is 6. The Kier molecular flexibility index (Phi) is 6.09. The van der Waals surface area contributed by atoms with Gasteiger partial charge in [-0.05, 0) is 71.6 Å². The second-order valence-electron chi connectivity index (χ2n) is 8.83. The van der Waals surface area contributed by atoms with E-state index < -0.39 is 0 Å². The third-order valence-corrected chi connectivity index (χ3v) is 6.61. The maximum Gasteiger partial charge on any atom is 0.236 e. The molecule has 2 aliphatic rings. The fourth-order valence-corrected chi connectivity index (χ4v) is 4.82. The van der Waals surface area contributed by atoms with Gasteiger partial charge in [0.05, 0.1) is 13.7 Å². The summed E-state index contributed by atoms with van der Waals surface area (Å²) >= 11 is 0. The quantitative estimate of drug-likeness (QED) is 0.561. The fourth-order valence-electron chi connectivity index (χ4n) is 4.82. The number of carbonyl (C=O) groups excluding carboxylic acids is 1. The van der Waals surface area contributed by atoms with Crippen molar-refractivity contribution in [3.05, 3.63) is 65.7 Å². The maximum absolute atomic E-state index is 13.1. The molecule has 2 heterocycles. The predicted octanol–water partition coefficient (Wildman–Crippen LogP) is 4.42. The van der Waals surface area contributed by atoms with E-state index in [-0.39, 0.29) is 11.9 Å². The van der Waals surface area contributed by atoms with Crippen LogP contribution in [0.1, 0.15) is 30.0 Å². The number of likely N-dealkylation sites (tertiary alicyclic amines) is 1. The number of ether oxygens (including phenoxy) is 3. The van der Waals surface area contributed by atoms with E-state index in [9.17, 15) is 4.79 Å². The molecule has 5 rings (SSSR count). The zero-order chi connectivity index (χ0) is 22.8. The van der Waals surface area contributed by atoms with Crippen LogP contribution in [0, 0.1) is 0 Å². The highest BCUT2D eigenvalue weighted by Gasteiger charge is 2.29. The van der Waals surface area contributed by atoms with Gasteiger partial charge in [-0.1, -0.05) is 24.3 Å². The third kappa shape index (κ3) is 4.62. The van der Waals surface area contributed by atoms with Crippen LogP contribution < -0.4 is 14.2 Å². The van der Waals surface area contributed by atoms with E-state index in [0.717, 1.165) is 53.0 Å². The zero-order valence-corrected chi connectivity index (χ0v) is 19.3. The number of carbonyl (C=O) groups is 1. The van der Waals surface area contributed by atoms with E-state index in [2.05, 4.69) is 41.3 Å². The molecule has 0 bridgehead atoms. The molecule has 2 aliphatic heterocycles. The largest absolute Gasteiger partial charge is 0.497 e. The molecule has 1 fully saturated rings. The van der Waals surface area contributed by atoms with E-state index in [1.54, 1.807) is 7.11 Å². The topological polar surface area (TPSA) is 51.2 Å². The normalized spacial score (nSPS) is 17.8. The fraction of sp³-hybridized carbons (Fsp3) is 0.370. The van der Waals surface area contributed by atoms with Crippen molar-refractivity contribution in [1.29, 1.82) is 0 Å². The van der Waals surface area contributed by atoms with Crippen LogP contribution in [-0.4, -0.2) is 56.2 Å². The lowest BCUT2D eigenvalue weighted by atomic mass is 10.0. The number of hydrogen-bond acceptors (Lipinski definition) is 5. The number of methoxy groups -OCH3 is 1. The smallest absolute Gasteiger partial charge is 0.236 e. The second kappa shape index (κ2) is 9.32. The highest BCUT2D eigenvalue weighted by atomic mass is 16.6. The summed E-state index contributed by atoms with van der Waals surface area (Å²) in [5.41, 5.74) is 2.31. The molecule has 6 heteroatoms. The van der Waals surface area contributed by atoms with Gasteiger partial charge in [0.25, 0.3) is 0 Å². The van der Waals surface area contributed by atoms with E-state index in [0.29, 0.717) is 26.3 Å². The van der Waals surface area contributed by atoms with Crippen LogP contribution >= 0.6 is 0 Å². The molecular weight excluding hydrogens is 416 g/mol. The summed E-state index contributed by atoms with van der Waals surface area (Å²) in [6, 6.07) is 18.8. The van der Waals surface area contributed by atoms with Crippen LogP contribution in [0.4, 0.5) is 0 Å². The monoisotopic (exact) mass is 446 g/mol. The number of amides is 1. The highest BCUT2D eigenvalue weighted by molar-refractivity contribution is 5.84. The Morgan fingerprint density at radius 1 is 1.03 bits per heavy atom. The van der Waals surface area contributed by atoms with Crippen LogP contribution in [0.5, 0.6) is 17.2 Å². The summed E-state index contributed by atoms with van der Waals surface area (Å²) in [5, 5.41) is 2.28. The van der Waals surface area contributed by atoms with Crippen LogP contribution in [0.3, 0.4) is 0 Å². The number of hydrogen-bond donors (Lipinski definition) is 0. The Balaban J connectivity index is 1.24. The molecule has 172 valence electrons. The van der Waals surface area contributed by atoms with Gasteiger partial charge < -0.3 is 19.1 Å². The Bertz CT molecular complexity index is 1160. The standard InChI is InChI=1S/C27H30N2O4/c1-28(17-19-5-6-21-15-23(31-2)9-7-20(21)14-19)27(30)18-29-11-3-4-24(29)22-8-10-25-26(16-22)33-13-12-32-25/h5-10,14-16,24H,3-4,11-13,17-18H2,1-2H3/t24-/m1/s1. The first-order chi connectivity index (χ1) is 16.1. The van der Waals surface area contributed by atoms with Gasteiger partial charge >= 0.3 is 0 Å². The average Bonchev–Trinajstić information content (AvgIpc) is 3.31. The molecule has 6 nitrogen and oxygen atoms in total. The molecule has 0 saturated carbocycles. The molecule has 0 aliphatic carbocycles. The molecule has 0 aromatic heterocycles. The summed E-state index contributed by atoms with van der Waals surface area (Å²) in [5.74, 6) is 2.59. The predicted molar refractivity (Wildman–Crippen MR) is 128 cm³/mol. The highest BCUT2D eigenvalue weighted by Crippen LogP contribution is 2.38. The molecule has 1 amide bonds. The van der Waals surface area contributed by atoms with Gasteiger partial charge in [0, 0.05) is 19.6 Å². The summed E-state index contributed by atoms with van der Waals surface area (Å²) in [6.45, 7) is 3.10. The SMILES string of the molecule is COc1ccc2cc(CN(C)C(=O)CN3CCC[C@@H]3c3ccc4c(c3)OCCO4)ccc2c1. The van der Waals surface area contributed by atoms with E-state index in [4.69, 9.17) is 14.2 Å². The van der Waals surface area contributed by atoms with Crippen LogP contribution in [0.15, 0.2) is 54.6 Å². The van der Waals surface area contributed by atoms with Crippen LogP contribution in [-0.2, 0) is 11.3 Å². The molecule has 1 saturated heterocycles. The molecule has 0 spiro atoms. The van der Waals surface area contributed by atoms with Crippen LogP contribution in [0.2, 0.25) is 0 Å². The van der Waals surface area contributed by atoms with Gasteiger partial charge in [-0.25, -0.2) is 0 Å². The number of likely N-dealkylation sites (N-methyl/N-ethyl adjacent to an activating group) is 1. The number of benzene rings is 3. The molecule has 0 unspecified atom stereocenters. The maximum atomic E-state index is 13.1. The van der Waals surface area contributed by atoms with Crippen molar-refractivity contribution in [2.24, 2.45) is 0 Å². The van der Waals surface area contributed by atoms with E-state index in [1.165, 1.54) is 5.56 Å². The lowest BCUT2D eigenvalue weighted by molar-refractivity contribution is -0.131. The Morgan fingerprint density at radius 3 is 2.67 bits per heavy atom. The first-order valence-electron chi connectivity index (χ1n) is 11.5. The lowest BCUT2D eigenvalue weighted by Crippen LogP contribution is -2.37. The molecular formula is C27H30N2O4. The van der Waals surface area contributed by atoms with Gasteiger partial charge in [0.15, 0.2) is 11.5 Å². The van der Waals surface area contributed by atoms with Gasteiger partial charge in [-0.3, -0.25) is 9.69 Å². The molecule has 3 aromatic rings. The first kappa shape index (κ1) is 21.6. The van der Waals surface area contributed by atoms with Gasteiger partial charge in [-0.15, -0.1) is 0 Å². The van der Waals surface area contributed by atoms with Crippen molar-refractivity contribution in [1.82, 2.24) is 9.80 Å². The minimum Gasteiger partial charge on any atom is -0.497 e. The average molecular weight is 447 g/mol. The first-order valence-corrected chi connectivity index (χ1v) is 11.5. The minimum atomic E-state index is 0.134. The van der Waals surface area contributed by atoms with Crippen molar-refractivity contribution in [3.8, 4) is 17.2 Å². The number of fused-ring (bicyclic) bond motifs is 2. The van der Waals surface area contributed by atoms with Gasteiger partial charge in [0.2, 0.25) is 5.91 Å². The zero-order valence-electron chi connectivity index (χ0n) is 19.3. The molecule has 0 radical (unpaired) electrons. The van der Waals surface area contributed by atoms with Crippen molar-refractivity contribution < 1.29 is 19.0 Å². The summed E-state index contributed by atoms with van der Waals surface area (Å²) in [6.07, 6.45) is 2.13. The second-order valence-corrected chi connectivity index (χ2v) is 8.83. The third-order valence-electron chi connectivity index (χ3n) is 6.61. The van der Waals surface area contributed by atoms with Crippen LogP contribution in [0.25, 0.3) is 10.8 Å². The molecule has 0 N–H and O–H groups in total. The van der Waals surface area contributed by atoms with Crippen molar-refractivity contribution in [2.45, 2.75) is 25.4 Å². The molecule has 1 atom stereocenters. The Labute approximate surface area is 194 Å². The Hall–Kier alpha value is -3.25.